The maximum atomic E-state index is 6.20. The minimum absolute atomic E-state index is 0.0650. The van der Waals surface area contributed by atoms with Crippen molar-refractivity contribution in [2.24, 2.45) is 5.84 Å². The number of hydrazine groups is 1. The summed E-state index contributed by atoms with van der Waals surface area (Å²) in [5.74, 6) is 5.72. The van der Waals surface area contributed by atoms with Crippen LogP contribution in [0.2, 0.25) is 5.02 Å². The van der Waals surface area contributed by atoms with Crippen molar-refractivity contribution in [2.45, 2.75) is 33.2 Å². The zero-order valence-corrected chi connectivity index (χ0v) is 13.0. The van der Waals surface area contributed by atoms with Crippen molar-refractivity contribution in [3.63, 3.8) is 0 Å². The van der Waals surface area contributed by atoms with Crippen LogP contribution in [-0.4, -0.2) is 0 Å². The molecule has 0 radical (unpaired) electrons. The van der Waals surface area contributed by atoms with Gasteiger partial charge < -0.3 is 0 Å². The summed E-state index contributed by atoms with van der Waals surface area (Å²) in [5, 5.41) is 0.780. The molecular weight excluding hydrogens is 268 g/mol. The van der Waals surface area contributed by atoms with E-state index in [-0.39, 0.29) is 6.04 Å². The van der Waals surface area contributed by atoms with Gasteiger partial charge in [-0.15, -0.1) is 0 Å². The molecule has 0 bridgehead atoms. The topological polar surface area (TPSA) is 38.0 Å². The van der Waals surface area contributed by atoms with Crippen molar-refractivity contribution in [1.82, 2.24) is 5.43 Å². The molecule has 0 fully saturated rings. The van der Waals surface area contributed by atoms with Crippen molar-refractivity contribution < 1.29 is 0 Å². The second kappa shape index (κ2) is 6.40. The van der Waals surface area contributed by atoms with Crippen LogP contribution in [-0.2, 0) is 6.42 Å². The van der Waals surface area contributed by atoms with E-state index in [1.54, 1.807) is 0 Å². The molecule has 0 saturated carbocycles. The van der Waals surface area contributed by atoms with Gasteiger partial charge in [-0.1, -0.05) is 41.9 Å². The van der Waals surface area contributed by atoms with Crippen LogP contribution in [0, 0.1) is 20.8 Å². The molecule has 0 aliphatic carbocycles. The zero-order valence-electron chi connectivity index (χ0n) is 12.2. The summed E-state index contributed by atoms with van der Waals surface area (Å²) in [6.07, 6.45) is 0.844. The summed E-state index contributed by atoms with van der Waals surface area (Å²) >= 11 is 6.20. The van der Waals surface area contributed by atoms with Crippen LogP contribution in [0.4, 0.5) is 0 Å². The Hall–Kier alpha value is -1.35. The van der Waals surface area contributed by atoms with Gasteiger partial charge in [0.05, 0.1) is 6.04 Å². The Morgan fingerprint density at radius 1 is 1.00 bits per heavy atom. The quantitative estimate of drug-likeness (QED) is 0.659. The van der Waals surface area contributed by atoms with Gasteiger partial charge in [0, 0.05) is 5.02 Å². The van der Waals surface area contributed by atoms with Crippen LogP contribution < -0.4 is 11.3 Å². The Kier molecular flexibility index (Phi) is 4.81. The first kappa shape index (κ1) is 15.0. The van der Waals surface area contributed by atoms with Gasteiger partial charge in [-0.05, 0) is 61.1 Å². The molecule has 3 N–H and O–H groups in total. The number of nitrogens with two attached hydrogens (primary N) is 1. The molecule has 3 heteroatoms. The minimum atomic E-state index is 0.0650. The van der Waals surface area contributed by atoms with E-state index in [0.29, 0.717) is 0 Å². The van der Waals surface area contributed by atoms with Gasteiger partial charge >= 0.3 is 0 Å². The summed E-state index contributed by atoms with van der Waals surface area (Å²) in [6.45, 7) is 6.25. The van der Waals surface area contributed by atoms with E-state index in [1.165, 1.54) is 16.7 Å². The fourth-order valence-electron chi connectivity index (χ4n) is 2.27. The fraction of sp³-hybridized carbons (Fsp3) is 0.294. The lowest BCUT2D eigenvalue weighted by atomic mass is 9.96. The Labute approximate surface area is 125 Å². The molecule has 1 unspecified atom stereocenters. The standard InChI is InChI=1S/C17H21ClN2/c1-11-4-6-14(8-13(11)3)9-17(20-19)15-7-5-12(2)16(18)10-15/h4-8,10,17,20H,9,19H2,1-3H3. The highest BCUT2D eigenvalue weighted by Gasteiger charge is 2.12. The molecule has 2 nitrogen and oxygen atoms in total. The molecule has 2 aromatic rings. The van der Waals surface area contributed by atoms with Crippen molar-refractivity contribution in [2.75, 3.05) is 0 Å². The summed E-state index contributed by atoms with van der Waals surface area (Å²) in [6, 6.07) is 12.7. The summed E-state index contributed by atoms with van der Waals surface area (Å²) < 4.78 is 0. The van der Waals surface area contributed by atoms with Gasteiger partial charge in [-0.2, -0.15) is 0 Å². The van der Waals surface area contributed by atoms with Crippen molar-refractivity contribution in [3.8, 4) is 0 Å². The average Bonchev–Trinajstić information content (AvgIpc) is 2.43. The first-order valence-corrected chi connectivity index (χ1v) is 7.17. The van der Waals surface area contributed by atoms with E-state index in [9.17, 15) is 0 Å². The highest BCUT2D eigenvalue weighted by Crippen LogP contribution is 2.24. The molecule has 0 aliphatic rings. The third-order valence-corrected chi connectivity index (χ3v) is 4.22. The largest absolute Gasteiger partial charge is 0.271 e. The van der Waals surface area contributed by atoms with Gasteiger partial charge in [0.2, 0.25) is 0 Å². The lowest BCUT2D eigenvalue weighted by Gasteiger charge is -2.18. The fourth-order valence-corrected chi connectivity index (χ4v) is 2.45. The van der Waals surface area contributed by atoms with E-state index in [1.807, 2.05) is 19.1 Å². The van der Waals surface area contributed by atoms with Crippen LogP contribution in [0.25, 0.3) is 0 Å². The minimum Gasteiger partial charge on any atom is -0.271 e. The molecule has 1 atom stereocenters. The molecule has 20 heavy (non-hydrogen) atoms. The van der Waals surface area contributed by atoms with E-state index in [4.69, 9.17) is 17.4 Å². The Bertz CT molecular complexity index is 608. The second-order valence-corrected chi connectivity index (χ2v) is 5.76. The van der Waals surface area contributed by atoms with Gasteiger partial charge in [0.25, 0.3) is 0 Å². The molecule has 0 saturated heterocycles. The van der Waals surface area contributed by atoms with Crippen molar-refractivity contribution >= 4 is 11.6 Å². The third kappa shape index (κ3) is 3.40. The molecule has 0 aromatic heterocycles. The van der Waals surface area contributed by atoms with Crippen molar-refractivity contribution in [3.05, 3.63) is 69.2 Å². The summed E-state index contributed by atoms with van der Waals surface area (Å²) in [7, 11) is 0. The van der Waals surface area contributed by atoms with E-state index in [0.717, 1.165) is 22.6 Å². The smallest absolute Gasteiger partial charge is 0.0500 e. The molecule has 0 aliphatic heterocycles. The number of nitrogens with one attached hydrogen (secondary N) is 1. The van der Waals surface area contributed by atoms with Gasteiger partial charge in [0.1, 0.15) is 0 Å². The zero-order chi connectivity index (χ0) is 14.7. The van der Waals surface area contributed by atoms with Crippen LogP contribution in [0.1, 0.15) is 33.9 Å². The SMILES string of the molecule is Cc1ccc(CC(NN)c2ccc(C)c(Cl)c2)cc1C. The maximum absolute atomic E-state index is 6.20. The lowest BCUT2D eigenvalue weighted by Crippen LogP contribution is -2.29. The van der Waals surface area contributed by atoms with Gasteiger partial charge in [0.15, 0.2) is 0 Å². The lowest BCUT2D eigenvalue weighted by molar-refractivity contribution is 0.552. The second-order valence-electron chi connectivity index (χ2n) is 5.35. The van der Waals surface area contributed by atoms with E-state index in [2.05, 4.69) is 43.5 Å². The maximum Gasteiger partial charge on any atom is 0.0500 e. The van der Waals surface area contributed by atoms with Crippen LogP contribution >= 0.6 is 11.6 Å². The number of halogens is 1. The third-order valence-electron chi connectivity index (χ3n) is 3.81. The highest BCUT2D eigenvalue weighted by atomic mass is 35.5. The number of aryl methyl sites for hydroxylation is 3. The Morgan fingerprint density at radius 3 is 2.30 bits per heavy atom. The van der Waals surface area contributed by atoms with E-state index < -0.39 is 0 Å². The predicted octanol–water partition coefficient (Wildman–Crippen LogP) is 4.01. The van der Waals surface area contributed by atoms with Crippen LogP contribution in [0.15, 0.2) is 36.4 Å². The molecule has 2 rings (SSSR count). The van der Waals surface area contributed by atoms with Crippen molar-refractivity contribution in [1.29, 1.82) is 0 Å². The number of benzene rings is 2. The Morgan fingerprint density at radius 2 is 1.70 bits per heavy atom. The highest BCUT2D eigenvalue weighted by molar-refractivity contribution is 6.31. The summed E-state index contributed by atoms with van der Waals surface area (Å²) in [4.78, 5) is 0. The number of hydrogen-bond acceptors (Lipinski definition) is 2. The summed E-state index contributed by atoms with van der Waals surface area (Å²) in [5.41, 5.74) is 8.97. The number of rotatable bonds is 4. The monoisotopic (exact) mass is 288 g/mol. The van der Waals surface area contributed by atoms with E-state index >= 15 is 0 Å². The molecule has 0 spiro atoms. The molecular formula is C17H21ClN2. The first-order chi connectivity index (χ1) is 9.51. The molecule has 106 valence electrons. The van der Waals surface area contributed by atoms with Crippen LogP contribution in [0.3, 0.4) is 0 Å². The normalized spacial score (nSPS) is 12.4. The predicted molar refractivity (Wildman–Crippen MR) is 85.9 cm³/mol. The Balaban J connectivity index is 2.23. The van der Waals surface area contributed by atoms with Crippen LogP contribution in [0.5, 0.6) is 0 Å². The van der Waals surface area contributed by atoms with Gasteiger partial charge in [-0.25, -0.2) is 0 Å². The molecule has 0 heterocycles. The molecule has 2 aromatic carbocycles. The average molecular weight is 289 g/mol. The molecule has 0 amide bonds. The van der Waals surface area contributed by atoms with Gasteiger partial charge in [-0.3, -0.25) is 11.3 Å². The first-order valence-electron chi connectivity index (χ1n) is 6.79. The number of hydrogen-bond donors (Lipinski definition) is 2.